The van der Waals surface area contributed by atoms with Crippen molar-refractivity contribution in [1.82, 2.24) is 34.3 Å². The van der Waals surface area contributed by atoms with Crippen molar-refractivity contribution in [2.45, 2.75) is 49.6 Å². The van der Waals surface area contributed by atoms with Crippen LogP contribution in [0.4, 0.5) is 40.9 Å². The van der Waals surface area contributed by atoms with Gasteiger partial charge >= 0.3 is 12.1 Å². The van der Waals surface area contributed by atoms with Gasteiger partial charge in [0.25, 0.3) is 11.8 Å². The number of nitrogen functional groups attached to an aromatic ring is 1. The van der Waals surface area contributed by atoms with Crippen molar-refractivity contribution in [3.8, 4) is 17.1 Å². The summed E-state index contributed by atoms with van der Waals surface area (Å²) >= 11 is 0. The van der Waals surface area contributed by atoms with Gasteiger partial charge < -0.3 is 15.4 Å². The number of alkyl halides is 8. The Morgan fingerprint density at radius 3 is 2.35 bits per heavy atom. The third kappa shape index (κ3) is 5.96. The van der Waals surface area contributed by atoms with Gasteiger partial charge in [0.2, 0.25) is 17.7 Å². The zero-order valence-electron chi connectivity index (χ0n) is 24.9. The second-order valence-electron chi connectivity index (χ2n) is 12.0. The van der Waals surface area contributed by atoms with Crippen LogP contribution in [0, 0.1) is 5.92 Å². The third-order valence-electron chi connectivity index (χ3n) is 8.52. The minimum absolute atomic E-state index is 0.00676. The van der Waals surface area contributed by atoms with Gasteiger partial charge in [0.1, 0.15) is 23.6 Å². The summed E-state index contributed by atoms with van der Waals surface area (Å²) in [7, 11) is 1.04. The van der Waals surface area contributed by atoms with E-state index < -0.39 is 104 Å². The first-order valence-corrected chi connectivity index (χ1v) is 14.4. The summed E-state index contributed by atoms with van der Waals surface area (Å²) in [5, 5.41) is 4.13. The summed E-state index contributed by atoms with van der Waals surface area (Å²) in [4.78, 5) is 49.0. The molecule has 2 saturated heterocycles. The zero-order chi connectivity index (χ0) is 34.9. The first kappa shape index (κ1) is 33.3. The van der Waals surface area contributed by atoms with Gasteiger partial charge in [-0.25, -0.2) is 36.4 Å². The number of aromatic nitrogens is 4. The molecule has 0 radical (unpaired) electrons. The third-order valence-corrected chi connectivity index (χ3v) is 8.52. The van der Waals surface area contributed by atoms with Crippen LogP contribution in [0.3, 0.4) is 0 Å². The topological polar surface area (TPSA) is 139 Å². The minimum Gasteiger partial charge on any atom is -0.480 e. The number of anilines is 1. The molecule has 1 saturated carbocycles. The van der Waals surface area contributed by atoms with Gasteiger partial charge in [-0.15, -0.1) is 0 Å². The summed E-state index contributed by atoms with van der Waals surface area (Å²) in [6.45, 7) is -2.76. The van der Waals surface area contributed by atoms with E-state index in [9.17, 15) is 45.1 Å². The molecule has 2 N–H and O–H groups in total. The molecule has 2 aliphatic heterocycles. The summed E-state index contributed by atoms with van der Waals surface area (Å²) in [6.07, 6.45) is -7.41. The van der Waals surface area contributed by atoms with E-state index in [-0.39, 0.29) is 34.0 Å². The number of carbonyl (C=O) groups excluding carboxylic acids is 3. The molecule has 3 aromatic rings. The fourth-order valence-corrected chi connectivity index (χ4v) is 6.26. The van der Waals surface area contributed by atoms with E-state index in [1.54, 1.807) is 0 Å². The molecule has 0 bridgehead atoms. The maximum absolute atomic E-state index is 15.4. The number of nitrogens with two attached hydrogens (primary N) is 1. The van der Waals surface area contributed by atoms with Gasteiger partial charge in [-0.2, -0.15) is 18.3 Å². The Morgan fingerprint density at radius 1 is 1.06 bits per heavy atom. The maximum Gasteiger partial charge on any atom is 0.471 e. The van der Waals surface area contributed by atoms with Crippen molar-refractivity contribution >= 4 is 29.1 Å². The van der Waals surface area contributed by atoms with Crippen LogP contribution in [0.2, 0.25) is 0 Å². The van der Waals surface area contributed by atoms with Crippen LogP contribution >= 0.6 is 0 Å². The Morgan fingerprint density at radius 2 is 1.75 bits per heavy atom. The number of ether oxygens (including phenoxy) is 1. The predicted molar refractivity (Wildman–Crippen MR) is 148 cm³/mol. The first-order valence-electron chi connectivity index (χ1n) is 14.4. The van der Waals surface area contributed by atoms with Gasteiger partial charge in [-0.1, -0.05) is 0 Å². The lowest BCUT2D eigenvalue weighted by atomic mass is 9.80. The Kier molecular flexibility index (Phi) is 7.99. The van der Waals surface area contributed by atoms with E-state index in [1.165, 1.54) is 15.5 Å². The molecule has 3 aliphatic rings. The number of methoxy groups -OCH3 is 1. The Bertz CT molecular complexity index is 1780. The smallest absolute Gasteiger partial charge is 0.471 e. The molecule has 2 atom stereocenters. The highest BCUT2D eigenvalue weighted by atomic mass is 19.4. The molecule has 20 heteroatoms. The number of halogens is 8. The average Bonchev–Trinajstić information content (AvgIpc) is 3.55. The van der Waals surface area contributed by atoms with Gasteiger partial charge in [-0.3, -0.25) is 24.2 Å². The molecule has 3 fully saturated rings. The lowest BCUT2D eigenvalue weighted by molar-refractivity contribution is -0.184. The molecule has 5 heterocycles. The van der Waals surface area contributed by atoms with Crippen LogP contribution in [0.15, 0.2) is 24.7 Å². The zero-order valence-corrected chi connectivity index (χ0v) is 24.9. The van der Waals surface area contributed by atoms with Crippen LogP contribution in [0.25, 0.3) is 16.8 Å². The van der Waals surface area contributed by atoms with E-state index in [1.807, 2.05) is 0 Å². The summed E-state index contributed by atoms with van der Waals surface area (Å²) < 4.78 is 117. The summed E-state index contributed by atoms with van der Waals surface area (Å²) in [5.74, 6) is -13.1. The number of rotatable bonds is 7. The Balaban J connectivity index is 1.36. The van der Waals surface area contributed by atoms with Crippen molar-refractivity contribution < 1.29 is 54.2 Å². The molecule has 0 spiro atoms. The lowest BCUT2D eigenvalue weighted by Gasteiger charge is -2.38. The molecule has 12 nitrogen and oxygen atoms in total. The largest absolute Gasteiger partial charge is 0.480 e. The van der Waals surface area contributed by atoms with Crippen molar-refractivity contribution in [3.05, 3.63) is 35.8 Å². The Labute approximate surface area is 265 Å². The predicted octanol–water partition coefficient (Wildman–Crippen LogP) is 2.96. The van der Waals surface area contributed by atoms with Crippen LogP contribution in [0.1, 0.15) is 28.8 Å². The van der Waals surface area contributed by atoms with Gasteiger partial charge in [0, 0.05) is 43.6 Å². The lowest BCUT2D eigenvalue weighted by Crippen LogP contribution is -2.55. The molecule has 3 amide bonds. The molecule has 258 valence electrons. The standard InChI is InChI=1S/C28H26F8N8O4/c1-48-22-16(2-13(6-38-22)18-3-14(7-41-10-27(32,33)11-41)20-21(37)39-12-40-44(18)20)24(46)43(25(47)28(34,35)36)19-9-42(8-17(19)29)23(45)15-4-26(30,31)5-15/h2-3,6,12,15,17,19H,4-5,7-11H2,1H3,(H2,37,39,40)/t17-,19+/m0/s1. The fourth-order valence-electron chi connectivity index (χ4n) is 6.26. The monoisotopic (exact) mass is 690 g/mol. The molecule has 0 aromatic carbocycles. The number of carbonyl (C=O) groups is 3. The van der Waals surface area contributed by atoms with Crippen molar-refractivity contribution in [2.75, 3.05) is 39.0 Å². The van der Waals surface area contributed by atoms with Gasteiger partial charge in [0.15, 0.2) is 5.82 Å². The number of imide groups is 1. The maximum atomic E-state index is 15.4. The van der Waals surface area contributed by atoms with Gasteiger partial charge in [-0.05, 0) is 17.7 Å². The van der Waals surface area contributed by atoms with E-state index in [2.05, 4.69) is 15.1 Å². The highest BCUT2D eigenvalue weighted by Crippen LogP contribution is 2.44. The quantitative estimate of drug-likeness (QED) is 0.371. The van der Waals surface area contributed by atoms with Crippen LogP contribution in [0.5, 0.6) is 5.88 Å². The number of nitrogens with zero attached hydrogens (tertiary/aromatic N) is 7. The van der Waals surface area contributed by atoms with E-state index in [4.69, 9.17) is 10.5 Å². The minimum atomic E-state index is -5.67. The molecular weight excluding hydrogens is 664 g/mol. The number of likely N-dealkylation sites (tertiary alicyclic amines) is 2. The summed E-state index contributed by atoms with van der Waals surface area (Å²) in [6, 6.07) is 0.371. The van der Waals surface area contributed by atoms with Crippen LogP contribution in [-0.2, 0) is 16.1 Å². The van der Waals surface area contributed by atoms with Crippen LogP contribution < -0.4 is 10.5 Å². The summed E-state index contributed by atoms with van der Waals surface area (Å²) in [5.41, 5.74) is 6.15. The second-order valence-corrected chi connectivity index (χ2v) is 12.0. The first-order chi connectivity index (χ1) is 22.4. The van der Waals surface area contributed by atoms with Crippen LogP contribution in [-0.4, -0.2) is 116 Å². The number of pyridine rings is 1. The van der Waals surface area contributed by atoms with E-state index >= 15 is 4.39 Å². The number of amides is 3. The molecule has 48 heavy (non-hydrogen) atoms. The Hall–Kier alpha value is -4.62. The number of hydrogen-bond donors (Lipinski definition) is 1. The van der Waals surface area contributed by atoms with Crippen molar-refractivity contribution in [3.63, 3.8) is 0 Å². The number of hydrogen-bond acceptors (Lipinski definition) is 9. The average molecular weight is 691 g/mol. The second kappa shape index (κ2) is 11.5. The SMILES string of the molecule is COc1ncc(-c2cc(CN3CC(F)(F)C3)c3c(N)ncnn23)cc1C(=O)N(C(=O)C(F)(F)F)[C@@H]1CN(C(=O)C2CC(F)(F)C2)C[C@@H]1F. The number of fused-ring (bicyclic) bond motifs is 1. The molecule has 3 aromatic heterocycles. The molecule has 6 rings (SSSR count). The van der Waals surface area contributed by atoms with Crippen molar-refractivity contribution in [1.29, 1.82) is 0 Å². The molecule has 1 aliphatic carbocycles. The normalized spacial score (nSPS) is 22.3. The highest BCUT2D eigenvalue weighted by Gasteiger charge is 2.55. The molecule has 0 unspecified atom stereocenters. The molecular formula is C28H26F8N8O4. The van der Waals surface area contributed by atoms with Gasteiger partial charge in [0.05, 0.1) is 38.5 Å². The fraction of sp³-hybridized carbons (Fsp3) is 0.500. The van der Waals surface area contributed by atoms with E-state index in [0.717, 1.165) is 30.6 Å². The van der Waals surface area contributed by atoms with E-state index in [0.29, 0.717) is 5.56 Å². The van der Waals surface area contributed by atoms with Crippen molar-refractivity contribution in [2.24, 2.45) is 5.92 Å². The highest BCUT2D eigenvalue weighted by molar-refractivity contribution is 6.08.